The van der Waals surface area contributed by atoms with E-state index >= 15 is 0 Å². The van der Waals surface area contributed by atoms with Crippen molar-refractivity contribution in [3.63, 3.8) is 0 Å². The van der Waals surface area contributed by atoms with Gasteiger partial charge in [0, 0.05) is 35.9 Å². The van der Waals surface area contributed by atoms with Gasteiger partial charge in [0.15, 0.2) is 0 Å². The summed E-state index contributed by atoms with van der Waals surface area (Å²) in [6, 6.07) is 16.6. The van der Waals surface area contributed by atoms with Crippen molar-refractivity contribution in [2.45, 2.75) is 24.9 Å². The van der Waals surface area contributed by atoms with E-state index in [9.17, 15) is 0 Å². The number of hydrogen-bond acceptors (Lipinski definition) is 5. The molecule has 2 bridgehead atoms. The molecule has 5 heteroatoms. The summed E-state index contributed by atoms with van der Waals surface area (Å²) in [7, 11) is 3.41. The molecule has 0 saturated carbocycles. The zero-order valence-corrected chi connectivity index (χ0v) is 19.4. The Morgan fingerprint density at radius 2 is 2.03 bits per heavy atom. The van der Waals surface area contributed by atoms with Crippen LogP contribution in [0.3, 0.4) is 0 Å². The number of nitrogens with zero attached hydrogens (tertiary/aromatic N) is 3. The number of aromatic nitrogens is 1. The first kappa shape index (κ1) is 21.7. The van der Waals surface area contributed by atoms with E-state index in [1.165, 1.54) is 12.0 Å². The largest absolute Gasteiger partial charge is 0.497 e. The molecule has 0 spiro atoms. The zero-order chi connectivity index (χ0) is 22.8. The number of methoxy groups -OCH3 is 2. The van der Waals surface area contributed by atoms with Crippen molar-refractivity contribution in [3.8, 4) is 11.5 Å². The van der Waals surface area contributed by atoms with Crippen molar-refractivity contribution in [1.82, 2.24) is 9.88 Å². The van der Waals surface area contributed by atoms with E-state index in [4.69, 9.17) is 14.5 Å². The summed E-state index contributed by atoms with van der Waals surface area (Å²) in [5.74, 6) is 2.91. The van der Waals surface area contributed by atoms with Crippen LogP contribution in [0.4, 0.5) is 0 Å². The molecule has 1 aromatic heterocycles. The number of para-hydroxylation sites is 1. The maximum Gasteiger partial charge on any atom is 0.127 e. The minimum absolute atomic E-state index is 0.0129. The Hall–Kier alpha value is -3.18. The Bertz CT molecular complexity index is 1170. The number of benzene rings is 2. The van der Waals surface area contributed by atoms with Gasteiger partial charge in [-0.1, -0.05) is 18.2 Å². The van der Waals surface area contributed by atoms with Crippen LogP contribution >= 0.6 is 0 Å². The van der Waals surface area contributed by atoms with E-state index in [1.54, 1.807) is 14.2 Å². The Kier molecular flexibility index (Phi) is 6.14. The molecule has 6 rings (SSSR count). The Labute approximate surface area is 195 Å². The maximum atomic E-state index is 5.57. The third kappa shape index (κ3) is 4.13. The van der Waals surface area contributed by atoms with E-state index in [-0.39, 0.29) is 6.04 Å². The highest BCUT2D eigenvalue weighted by molar-refractivity contribution is 5.86. The van der Waals surface area contributed by atoms with Gasteiger partial charge in [0.25, 0.3) is 0 Å². The molecular formula is C28H31N3O2. The van der Waals surface area contributed by atoms with Crippen LogP contribution in [0.25, 0.3) is 10.9 Å². The van der Waals surface area contributed by atoms with Gasteiger partial charge in [0.05, 0.1) is 25.8 Å². The molecule has 3 aromatic rings. The standard InChI is InChI=1S/C28H31N3O2/c1-4-19-18-31-14-12-20(19)15-26(31)28(30-17-21-7-5-6-8-27(21)33-3)23-11-13-29-25-10-9-22(32-2)16-24(23)25/h4-11,13,16-17,19-20,26,28H,1,12,14-15,18H2,2-3H3/t19-,20-,26-,28-/m0/s1. The average Bonchev–Trinajstić information content (AvgIpc) is 2.89. The van der Waals surface area contributed by atoms with Gasteiger partial charge in [0.1, 0.15) is 11.5 Å². The molecule has 33 heavy (non-hydrogen) atoms. The third-order valence-corrected chi connectivity index (χ3v) is 7.33. The zero-order valence-electron chi connectivity index (χ0n) is 19.4. The van der Waals surface area contributed by atoms with Crippen LogP contribution in [0.5, 0.6) is 11.5 Å². The summed E-state index contributed by atoms with van der Waals surface area (Å²) in [6.45, 7) is 6.27. The molecule has 3 fully saturated rings. The van der Waals surface area contributed by atoms with Crippen molar-refractivity contribution in [3.05, 3.63) is 78.5 Å². The molecule has 3 aliphatic heterocycles. The van der Waals surface area contributed by atoms with Crippen molar-refractivity contribution in [2.75, 3.05) is 27.3 Å². The second-order valence-corrected chi connectivity index (χ2v) is 8.99. The molecule has 5 nitrogen and oxygen atoms in total. The fourth-order valence-electron chi connectivity index (χ4n) is 5.56. The van der Waals surface area contributed by atoms with Crippen molar-refractivity contribution in [1.29, 1.82) is 0 Å². The van der Waals surface area contributed by atoms with Gasteiger partial charge in [-0.15, -0.1) is 6.58 Å². The molecule has 0 N–H and O–H groups in total. The van der Waals surface area contributed by atoms with Crippen molar-refractivity contribution in [2.24, 2.45) is 16.8 Å². The Morgan fingerprint density at radius 3 is 2.79 bits per heavy atom. The Balaban J connectivity index is 1.60. The van der Waals surface area contributed by atoms with Crippen LogP contribution < -0.4 is 9.47 Å². The van der Waals surface area contributed by atoms with Gasteiger partial charge in [-0.25, -0.2) is 0 Å². The summed E-state index contributed by atoms with van der Waals surface area (Å²) >= 11 is 0. The second kappa shape index (κ2) is 9.36. The van der Waals surface area contributed by atoms with E-state index in [2.05, 4.69) is 34.7 Å². The highest BCUT2D eigenvalue weighted by atomic mass is 16.5. The van der Waals surface area contributed by atoms with Gasteiger partial charge < -0.3 is 9.47 Å². The number of piperidine rings is 3. The molecule has 5 atom stereocenters. The third-order valence-electron chi connectivity index (χ3n) is 7.33. The molecule has 3 aliphatic rings. The summed E-state index contributed by atoms with van der Waals surface area (Å²) in [6.07, 6.45) is 8.38. The first-order chi connectivity index (χ1) is 16.2. The lowest BCUT2D eigenvalue weighted by Gasteiger charge is -2.51. The minimum Gasteiger partial charge on any atom is -0.497 e. The second-order valence-electron chi connectivity index (χ2n) is 8.99. The number of rotatable bonds is 7. The lowest BCUT2D eigenvalue weighted by molar-refractivity contribution is 0.00796. The van der Waals surface area contributed by atoms with Gasteiger partial charge >= 0.3 is 0 Å². The van der Waals surface area contributed by atoms with Crippen LogP contribution in [0.2, 0.25) is 0 Å². The molecular weight excluding hydrogens is 410 g/mol. The summed E-state index contributed by atoms with van der Waals surface area (Å²) < 4.78 is 11.1. The van der Waals surface area contributed by atoms with Gasteiger partial charge in [0.2, 0.25) is 0 Å². The molecule has 1 unspecified atom stereocenters. The topological polar surface area (TPSA) is 47.0 Å². The normalized spacial score (nSPS) is 25.3. The number of pyridine rings is 1. The molecule has 4 heterocycles. The molecule has 3 saturated heterocycles. The quantitative estimate of drug-likeness (QED) is 0.368. The Morgan fingerprint density at radius 1 is 1.15 bits per heavy atom. The minimum atomic E-state index is -0.0129. The van der Waals surface area contributed by atoms with Gasteiger partial charge in [-0.05, 0) is 73.2 Å². The first-order valence-electron chi connectivity index (χ1n) is 11.7. The van der Waals surface area contributed by atoms with Crippen LogP contribution in [-0.4, -0.2) is 49.4 Å². The van der Waals surface area contributed by atoms with Crippen molar-refractivity contribution < 1.29 is 9.47 Å². The van der Waals surface area contributed by atoms with E-state index in [0.29, 0.717) is 17.9 Å². The van der Waals surface area contributed by atoms with Crippen LogP contribution in [-0.2, 0) is 0 Å². The molecule has 0 aliphatic carbocycles. The smallest absolute Gasteiger partial charge is 0.127 e. The predicted molar refractivity (Wildman–Crippen MR) is 133 cm³/mol. The monoisotopic (exact) mass is 441 g/mol. The SMILES string of the molecule is C=C[C@H]1CN2CC[C@H]1C[C@H]2[C@@H](N=Cc1ccccc1OC)c1ccnc2ccc(OC)cc12. The fourth-order valence-corrected chi connectivity index (χ4v) is 5.56. The number of fused-ring (bicyclic) bond motifs is 4. The van der Waals surface area contributed by atoms with Crippen LogP contribution in [0.1, 0.15) is 30.0 Å². The molecule has 0 amide bonds. The molecule has 2 aromatic carbocycles. The van der Waals surface area contributed by atoms with E-state index < -0.39 is 0 Å². The van der Waals surface area contributed by atoms with Gasteiger partial charge in [-0.3, -0.25) is 14.9 Å². The van der Waals surface area contributed by atoms with Crippen molar-refractivity contribution >= 4 is 17.1 Å². The van der Waals surface area contributed by atoms with Gasteiger partial charge in [-0.2, -0.15) is 0 Å². The molecule has 0 radical (unpaired) electrons. The average molecular weight is 442 g/mol. The molecule has 170 valence electrons. The van der Waals surface area contributed by atoms with E-state index in [1.807, 2.05) is 48.8 Å². The summed E-state index contributed by atoms with van der Waals surface area (Å²) in [5.41, 5.74) is 3.14. The van der Waals surface area contributed by atoms with Crippen LogP contribution in [0.15, 0.2) is 72.4 Å². The summed E-state index contributed by atoms with van der Waals surface area (Å²) in [4.78, 5) is 12.5. The number of ether oxygens (including phenoxy) is 2. The fraction of sp³-hybridized carbons (Fsp3) is 0.357. The highest BCUT2D eigenvalue weighted by Crippen LogP contribution is 2.43. The number of hydrogen-bond donors (Lipinski definition) is 0. The maximum absolute atomic E-state index is 5.57. The van der Waals surface area contributed by atoms with Crippen LogP contribution in [0, 0.1) is 11.8 Å². The lowest BCUT2D eigenvalue weighted by atomic mass is 9.73. The van der Waals surface area contributed by atoms with E-state index in [0.717, 1.165) is 47.5 Å². The summed E-state index contributed by atoms with van der Waals surface area (Å²) in [5, 5.41) is 1.10. The lowest BCUT2D eigenvalue weighted by Crippen LogP contribution is -2.54. The highest BCUT2D eigenvalue weighted by Gasteiger charge is 2.42. The predicted octanol–water partition coefficient (Wildman–Crippen LogP) is 5.31. The number of aliphatic imine (C=N–C) groups is 1. The first-order valence-corrected chi connectivity index (χ1v) is 11.7.